The zero-order valence-electron chi connectivity index (χ0n) is 15.8. The Bertz CT molecular complexity index is 1120. The van der Waals surface area contributed by atoms with E-state index >= 15 is 0 Å². The number of benzene rings is 2. The number of nitrogens with one attached hydrogen (secondary N) is 2. The van der Waals surface area contributed by atoms with Crippen LogP contribution in [-0.4, -0.2) is 46.8 Å². The van der Waals surface area contributed by atoms with Crippen LogP contribution in [0.2, 0.25) is 0 Å². The van der Waals surface area contributed by atoms with Crippen LogP contribution in [0.15, 0.2) is 41.6 Å². The van der Waals surface area contributed by atoms with Gasteiger partial charge in [-0.15, -0.1) is 0 Å². The second kappa shape index (κ2) is 7.87. The van der Waals surface area contributed by atoms with Crippen molar-refractivity contribution in [1.82, 2.24) is 14.7 Å². The Morgan fingerprint density at radius 1 is 0.929 bits per heavy atom. The highest BCUT2D eigenvalue weighted by atomic mass is 32.2. The quantitative estimate of drug-likeness (QED) is 0.617. The summed E-state index contributed by atoms with van der Waals surface area (Å²) in [6.45, 7) is 0. The van der Waals surface area contributed by atoms with Crippen LogP contribution in [0.25, 0.3) is 10.9 Å². The van der Waals surface area contributed by atoms with Gasteiger partial charge in [-0.25, -0.2) is 23.1 Å². The van der Waals surface area contributed by atoms with Crippen LogP contribution in [0.3, 0.4) is 0 Å². The van der Waals surface area contributed by atoms with Gasteiger partial charge in [0.2, 0.25) is 10.0 Å². The molecule has 0 atom stereocenters. The molecule has 1 heterocycles. The molecule has 1 aromatic heterocycles. The lowest BCUT2D eigenvalue weighted by atomic mass is 10.2. The molecular formula is C18H20N4O5S. The molecule has 28 heavy (non-hydrogen) atoms. The average molecular weight is 404 g/mol. The molecule has 0 fully saturated rings. The SMILES string of the molecule is CNS(=O)(=O)c1ccc(OC)c(Nc2ncnc3cc(OC)cc(OC)c23)c1. The Morgan fingerprint density at radius 3 is 2.32 bits per heavy atom. The maximum absolute atomic E-state index is 12.1. The van der Waals surface area contributed by atoms with E-state index in [1.807, 2.05) is 0 Å². The summed E-state index contributed by atoms with van der Waals surface area (Å²) in [4.78, 5) is 8.64. The number of hydrogen-bond donors (Lipinski definition) is 2. The summed E-state index contributed by atoms with van der Waals surface area (Å²) in [6.07, 6.45) is 1.39. The van der Waals surface area contributed by atoms with E-state index in [0.717, 1.165) is 0 Å². The monoisotopic (exact) mass is 404 g/mol. The molecular weight excluding hydrogens is 384 g/mol. The Morgan fingerprint density at radius 2 is 1.68 bits per heavy atom. The third kappa shape index (κ3) is 3.64. The van der Waals surface area contributed by atoms with Crippen LogP contribution >= 0.6 is 0 Å². The van der Waals surface area contributed by atoms with Gasteiger partial charge in [-0.1, -0.05) is 0 Å². The number of ether oxygens (including phenoxy) is 3. The van der Waals surface area contributed by atoms with Crippen LogP contribution in [0.1, 0.15) is 0 Å². The number of fused-ring (bicyclic) bond motifs is 1. The zero-order chi connectivity index (χ0) is 20.3. The van der Waals surface area contributed by atoms with Crippen molar-refractivity contribution in [2.45, 2.75) is 4.90 Å². The van der Waals surface area contributed by atoms with Crippen LogP contribution in [0.4, 0.5) is 11.5 Å². The normalized spacial score (nSPS) is 11.3. The van der Waals surface area contributed by atoms with Gasteiger partial charge in [0.05, 0.1) is 42.8 Å². The molecule has 148 valence electrons. The zero-order valence-corrected chi connectivity index (χ0v) is 16.6. The van der Waals surface area contributed by atoms with Crippen molar-refractivity contribution in [2.75, 3.05) is 33.7 Å². The van der Waals surface area contributed by atoms with Crippen molar-refractivity contribution in [2.24, 2.45) is 0 Å². The summed E-state index contributed by atoms with van der Waals surface area (Å²) in [7, 11) is 2.31. The van der Waals surface area contributed by atoms with Gasteiger partial charge < -0.3 is 19.5 Å². The fourth-order valence-electron chi connectivity index (χ4n) is 2.70. The van der Waals surface area contributed by atoms with Gasteiger partial charge in [0, 0.05) is 12.1 Å². The van der Waals surface area contributed by atoms with Crippen molar-refractivity contribution in [3.63, 3.8) is 0 Å². The van der Waals surface area contributed by atoms with Crippen molar-refractivity contribution in [1.29, 1.82) is 0 Å². The molecule has 0 radical (unpaired) electrons. The van der Waals surface area contributed by atoms with Gasteiger partial charge in [-0.05, 0) is 25.2 Å². The average Bonchev–Trinajstić information content (AvgIpc) is 2.72. The minimum Gasteiger partial charge on any atom is -0.497 e. The Labute approximate surface area is 162 Å². The van der Waals surface area contributed by atoms with Gasteiger partial charge >= 0.3 is 0 Å². The molecule has 0 bridgehead atoms. The Balaban J connectivity index is 2.16. The molecule has 0 saturated heterocycles. The summed E-state index contributed by atoms with van der Waals surface area (Å²) in [6, 6.07) is 7.96. The molecule has 0 saturated carbocycles. The molecule has 0 amide bonds. The molecule has 0 spiro atoms. The lowest BCUT2D eigenvalue weighted by Gasteiger charge is -2.15. The molecule has 0 aliphatic carbocycles. The number of rotatable bonds is 7. The number of aromatic nitrogens is 2. The van der Waals surface area contributed by atoms with E-state index < -0.39 is 10.0 Å². The Kier molecular flexibility index (Phi) is 5.52. The predicted octanol–water partition coefficient (Wildman–Crippen LogP) is 2.31. The molecule has 0 aliphatic rings. The number of hydrogen-bond acceptors (Lipinski definition) is 8. The number of nitrogens with zero attached hydrogens (tertiary/aromatic N) is 2. The van der Waals surface area contributed by atoms with Crippen LogP contribution in [0.5, 0.6) is 17.2 Å². The van der Waals surface area contributed by atoms with E-state index in [1.54, 1.807) is 25.3 Å². The first kappa shape index (κ1) is 19.6. The second-order valence-electron chi connectivity index (χ2n) is 5.64. The van der Waals surface area contributed by atoms with E-state index in [-0.39, 0.29) is 4.90 Å². The lowest BCUT2D eigenvalue weighted by Crippen LogP contribution is -2.18. The van der Waals surface area contributed by atoms with Crippen molar-refractivity contribution in [3.05, 3.63) is 36.7 Å². The smallest absolute Gasteiger partial charge is 0.240 e. The van der Waals surface area contributed by atoms with Crippen LogP contribution in [-0.2, 0) is 10.0 Å². The van der Waals surface area contributed by atoms with E-state index in [4.69, 9.17) is 14.2 Å². The predicted molar refractivity (Wildman–Crippen MR) is 105 cm³/mol. The molecule has 3 rings (SSSR count). The van der Waals surface area contributed by atoms with E-state index in [2.05, 4.69) is 20.0 Å². The molecule has 3 aromatic rings. The third-order valence-corrected chi connectivity index (χ3v) is 5.55. The number of sulfonamides is 1. The lowest BCUT2D eigenvalue weighted by molar-refractivity contribution is 0.398. The Hall–Kier alpha value is -3.11. The van der Waals surface area contributed by atoms with Crippen molar-refractivity contribution < 1.29 is 22.6 Å². The van der Waals surface area contributed by atoms with Crippen LogP contribution in [0, 0.1) is 0 Å². The topological polar surface area (TPSA) is 112 Å². The van der Waals surface area contributed by atoms with E-state index in [9.17, 15) is 8.42 Å². The molecule has 2 aromatic carbocycles. The second-order valence-corrected chi connectivity index (χ2v) is 7.53. The number of methoxy groups -OCH3 is 3. The maximum atomic E-state index is 12.1. The molecule has 10 heteroatoms. The molecule has 0 aliphatic heterocycles. The van der Waals surface area contributed by atoms with E-state index in [1.165, 1.54) is 39.7 Å². The maximum Gasteiger partial charge on any atom is 0.240 e. The number of anilines is 2. The minimum absolute atomic E-state index is 0.0882. The molecule has 2 N–H and O–H groups in total. The first-order chi connectivity index (χ1) is 13.4. The fourth-order valence-corrected chi connectivity index (χ4v) is 3.46. The first-order valence-corrected chi connectivity index (χ1v) is 9.67. The summed E-state index contributed by atoms with van der Waals surface area (Å²) in [5, 5.41) is 3.75. The van der Waals surface area contributed by atoms with Crippen molar-refractivity contribution in [3.8, 4) is 17.2 Å². The minimum atomic E-state index is -3.62. The van der Waals surface area contributed by atoms with Crippen molar-refractivity contribution >= 4 is 32.4 Å². The molecule has 0 unspecified atom stereocenters. The van der Waals surface area contributed by atoms with Gasteiger partial charge in [0.15, 0.2) is 0 Å². The standard InChI is InChI=1S/C18H20N4O5S/c1-19-28(23,24)12-5-6-15(26-3)13(9-12)22-18-17-14(20-10-21-18)7-11(25-2)8-16(17)27-4/h5-10,19H,1-4H3,(H,20,21,22). The summed E-state index contributed by atoms with van der Waals surface area (Å²) in [5.74, 6) is 1.99. The van der Waals surface area contributed by atoms with Gasteiger partial charge in [0.25, 0.3) is 0 Å². The third-order valence-electron chi connectivity index (χ3n) is 4.13. The van der Waals surface area contributed by atoms with Gasteiger partial charge in [-0.2, -0.15) is 0 Å². The highest BCUT2D eigenvalue weighted by Crippen LogP contribution is 2.37. The van der Waals surface area contributed by atoms with Gasteiger partial charge in [-0.3, -0.25) is 0 Å². The van der Waals surface area contributed by atoms with Crippen LogP contribution < -0.4 is 24.2 Å². The van der Waals surface area contributed by atoms with E-state index in [0.29, 0.717) is 39.7 Å². The summed E-state index contributed by atoms with van der Waals surface area (Å²) >= 11 is 0. The van der Waals surface area contributed by atoms with Gasteiger partial charge in [0.1, 0.15) is 29.4 Å². The first-order valence-electron chi connectivity index (χ1n) is 8.19. The molecule has 9 nitrogen and oxygen atoms in total. The fraction of sp³-hybridized carbons (Fsp3) is 0.222. The largest absolute Gasteiger partial charge is 0.497 e. The highest BCUT2D eigenvalue weighted by Gasteiger charge is 2.17. The summed E-state index contributed by atoms with van der Waals surface area (Å²) in [5.41, 5.74) is 1.03. The highest BCUT2D eigenvalue weighted by molar-refractivity contribution is 7.89. The summed E-state index contributed by atoms with van der Waals surface area (Å²) < 4.78 is 42.7.